The third-order valence-electron chi connectivity index (χ3n) is 3.77. The van der Waals surface area contributed by atoms with E-state index in [4.69, 9.17) is 0 Å². The van der Waals surface area contributed by atoms with Crippen molar-refractivity contribution in [1.82, 2.24) is 15.0 Å². The first-order chi connectivity index (χ1) is 11.2. The summed E-state index contributed by atoms with van der Waals surface area (Å²) < 4.78 is 41.3. The van der Waals surface area contributed by atoms with E-state index in [0.717, 1.165) is 5.69 Å². The van der Waals surface area contributed by atoms with E-state index in [1.165, 1.54) is 12.1 Å². The van der Waals surface area contributed by atoms with Crippen molar-refractivity contribution in [1.29, 1.82) is 0 Å². The summed E-state index contributed by atoms with van der Waals surface area (Å²) in [4.78, 5) is 12.4. The highest BCUT2D eigenvalue weighted by Gasteiger charge is 2.63. The van der Waals surface area contributed by atoms with E-state index in [1.54, 1.807) is 29.1 Å². The Morgan fingerprint density at radius 3 is 2.33 bits per heavy atom. The third kappa shape index (κ3) is 2.54. The van der Waals surface area contributed by atoms with Crippen LogP contribution in [0, 0.1) is 0 Å². The number of carbonyl (C=O) groups is 1. The molecule has 5 nitrogen and oxygen atoms in total. The molecule has 1 atom stereocenters. The lowest BCUT2D eigenvalue weighted by atomic mass is 10.1. The van der Waals surface area contributed by atoms with Crippen LogP contribution in [0.15, 0.2) is 61.1 Å². The van der Waals surface area contributed by atoms with E-state index in [2.05, 4.69) is 12.0 Å². The smallest absolute Gasteiger partial charge is 0.362 e. The number of carbonyl (C=O) groups excluding carboxylic acids is 1. The minimum Gasteiger partial charge on any atom is -0.362 e. The number of nitrogens with zero attached hydrogens (tertiary/aromatic N) is 2. The first kappa shape index (κ1) is 16.1. The fraction of sp³-hybridized carbons (Fsp3) is 0.188. The molecule has 1 aliphatic heterocycles. The number of hydrazine groups is 1. The van der Waals surface area contributed by atoms with E-state index in [0.29, 0.717) is 0 Å². The molecule has 24 heavy (non-hydrogen) atoms. The van der Waals surface area contributed by atoms with Crippen molar-refractivity contribution >= 4 is 5.91 Å². The van der Waals surface area contributed by atoms with Crippen molar-refractivity contribution in [2.24, 2.45) is 0 Å². The van der Waals surface area contributed by atoms with E-state index in [-0.39, 0.29) is 16.3 Å². The summed E-state index contributed by atoms with van der Waals surface area (Å²) in [5.74, 6) is -0.993. The number of hydrogen-bond acceptors (Lipinski definition) is 3. The molecule has 1 aromatic carbocycles. The second kappa shape index (κ2) is 5.41. The second-order valence-corrected chi connectivity index (χ2v) is 5.48. The van der Waals surface area contributed by atoms with E-state index in [1.807, 2.05) is 12.1 Å². The zero-order valence-electron chi connectivity index (χ0n) is 12.4. The molecular weight excluding hydrogens is 323 g/mol. The molecule has 2 N–H and O–H groups in total. The standard InChI is InChI=1S/C16H14F3N3O2/c1-11-10-15(24,16(17,18)19)22(20-11)14(23)12-4-6-13(7-5-12)21-8-2-3-9-21/h2-9,20,24H,1,10H2. The fourth-order valence-electron chi connectivity index (χ4n) is 2.52. The Balaban J connectivity index is 1.89. The summed E-state index contributed by atoms with van der Waals surface area (Å²) >= 11 is 0. The average molecular weight is 337 g/mol. The highest BCUT2D eigenvalue weighted by Crippen LogP contribution is 2.41. The number of rotatable bonds is 2. The van der Waals surface area contributed by atoms with Gasteiger partial charge in [-0.1, -0.05) is 6.58 Å². The zero-order valence-corrected chi connectivity index (χ0v) is 12.4. The molecular formula is C16H14F3N3O2. The van der Waals surface area contributed by atoms with Crippen molar-refractivity contribution in [3.05, 3.63) is 66.6 Å². The van der Waals surface area contributed by atoms with Gasteiger partial charge >= 0.3 is 6.18 Å². The number of aromatic nitrogens is 1. The summed E-state index contributed by atoms with van der Waals surface area (Å²) in [6, 6.07) is 9.65. The van der Waals surface area contributed by atoms with Crippen molar-refractivity contribution < 1.29 is 23.1 Å². The molecule has 1 unspecified atom stereocenters. The Hall–Kier alpha value is -2.74. The van der Waals surface area contributed by atoms with Gasteiger partial charge in [0, 0.05) is 35.8 Å². The van der Waals surface area contributed by atoms with Crippen LogP contribution < -0.4 is 5.43 Å². The lowest BCUT2D eigenvalue weighted by molar-refractivity contribution is -0.299. The minimum absolute atomic E-state index is 0.00998. The van der Waals surface area contributed by atoms with Gasteiger partial charge in [-0.25, -0.2) is 5.01 Å². The molecule has 1 amide bonds. The third-order valence-corrected chi connectivity index (χ3v) is 3.77. The molecule has 0 saturated carbocycles. The molecule has 1 aliphatic rings. The highest BCUT2D eigenvalue weighted by molar-refractivity contribution is 5.95. The number of hydrogen-bond donors (Lipinski definition) is 2. The number of nitrogens with one attached hydrogen (secondary N) is 1. The average Bonchev–Trinajstić information content (AvgIpc) is 3.14. The number of aliphatic hydroxyl groups is 1. The predicted molar refractivity (Wildman–Crippen MR) is 79.8 cm³/mol. The van der Waals surface area contributed by atoms with Crippen LogP contribution in [0.3, 0.4) is 0 Å². The first-order valence-electron chi connectivity index (χ1n) is 7.04. The molecule has 0 spiro atoms. The van der Waals surface area contributed by atoms with Gasteiger partial charge in [0.05, 0.1) is 0 Å². The maximum absolute atomic E-state index is 13.2. The summed E-state index contributed by atoms with van der Waals surface area (Å²) in [7, 11) is 0. The van der Waals surface area contributed by atoms with E-state index >= 15 is 0 Å². The van der Waals surface area contributed by atoms with E-state index < -0.39 is 24.2 Å². The molecule has 2 heterocycles. The van der Waals surface area contributed by atoms with Crippen LogP contribution in [-0.2, 0) is 0 Å². The number of amides is 1. The molecule has 3 rings (SSSR count). The van der Waals surface area contributed by atoms with Crippen LogP contribution in [0.1, 0.15) is 16.8 Å². The zero-order chi connectivity index (χ0) is 17.5. The molecule has 8 heteroatoms. The van der Waals surface area contributed by atoms with Crippen molar-refractivity contribution in [3.63, 3.8) is 0 Å². The fourth-order valence-corrected chi connectivity index (χ4v) is 2.52. The Morgan fingerprint density at radius 1 is 1.21 bits per heavy atom. The van der Waals surface area contributed by atoms with Crippen LogP contribution in [-0.4, -0.2) is 32.5 Å². The normalized spacial score (nSPS) is 21.0. The SMILES string of the molecule is C=C1CC(O)(C(F)(F)F)N(C(=O)c2ccc(-n3cccc3)cc2)N1. The Labute approximate surface area is 135 Å². The topological polar surface area (TPSA) is 57.5 Å². The molecule has 126 valence electrons. The monoisotopic (exact) mass is 337 g/mol. The van der Waals surface area contributed by atoms with Gasteiger partial charge in [-0.3, -0.25) is 10.2 Å². The first-order valence-corrected chi connectivity index (χ1v) is 7.04. The van der Waals surface area contributed by atoms with Crippen LogP contribution in [0.4, 0.5) is 13.2 Å². The van der Waals surface area contributed by atoms with Gasteiger partial charge in [0.1, 0.15) is 0 Å². The van der Waals surface area contributed by atoms with Crippen LogP contribution >= 0.6 is 0 Å². The van der Waals surface area contributed by atoms with Crippen molar-refractivity contribution in [2.75, 3.05) is 0 Å². The van der Waals surface area contributed by atoms with E-state index in [9.17, 15) is 23.1 Å². The summed E-state index contributed by atoms with van der Waals surface area (Å²) in [6.07, 6.45) is -2.24. The largest absolute Gasteiger partial charge is 0.438 e. The second-order valence-electron chi connectivity index (χ2n) is 5.48. The minimum atomic E-state index is -5.01. The number of alkyl halides is 3. The Bertz CT molecular complexity index is 769. The highest BCUT2D eigenvalue weighted by atomic mass is 19.4. The maximum Gasteiger partial charge on any atom is 0.438 e. The summed E-state index contributed by atoms with van der Waals surface area (Å²) in [5, 5.41) is 10.1. The molecule has 1 saturated heterocycles. The Morgan fingerprint density at radius 2 is 1.79 bits per heavy atom. The van der Waals surface area contributed by atoms with Gasteiger partial charge < -0.3 is 9.67 Å². The number of halogens is 3. The van der Waals surface area contributed by atoms with Gasteiger partial charge in [-0.05, 0) is 36.4 Å². The predicted octanol–water partition coefficient (Wildman–Crippen LogP) is 2.59. The molecule has 0 radical (unpaired) electrons. The molecule has 0 aliphatic carbocycles. The van der Waals surface area contributed by atoms with Gasteiger partial charge in [-0.2, -0.15) is 13.2 Å². The lowest BCUT2D eigenvalue weighted by Gasteiger charge is -2.33. The van der Waals surface area contributed by atoms with Crippen molar-refractivity contribution in [2.45, 2.75) is 18.3 Å². The molecule has 1 fully saturated rings. The molecule has 2 aromatic rings. The maximum atomic E-state index is 13.2. The van der Waals surface area contributed by atoms with Crippen LogP contribution in [0.25, 0.3) is 5.69 Å². The lowest BCUT2D eigenvalue weighted by Crippen LogP contribution is -2.59. The van der Waals surface area contributed by atoms with Gasteiger partial charge in [0.25, 0.3) is 11.6 Å². The number of benzene rings is 1. The molecule has 0 bridgehead atoms. The van der Waals surface area contributed by atoms with Crippen LogP contribution in [0.2, 0.25) is 0 Å². The summed E-state index contributed by atoms with van der Waals surface area (Å²) in [6.45, 7) is 3.37. The van der Waals surface area contributed by atoms with Crippen LogP contribution in [0.5, 0.6) is 0 Å². The van der Waals surface area contributed by atoms with Crippen molar-refractivity contribution in [3.8, 4) is 5.69 Å². The van der Waals surface area contributed by atoms with Gasteiger partial charge in [-0.15, -0.1) is 0 Å². The quantitative estimate of drug-likeness (QED) is 0.886. The Kier molecular flexibility index (Phi) is 3.64. The van der Waals surface area contributed by atoms with Gasteiger partial charge in [0.15, 0.2) is 0 Å². The summed E-state index contributed by atoms with van der Waals surface area (Å²) in [5.41, 5.74) is -0.443. The molecule has 1 aromatic heterocycles. The van der Waals surface area contributed by atoms with Gasteiger partial charge in [0.2, 0.25) is 0 Å².